The number of ether oxygens (including phenoxy) is 1. The normalized spacial score (nSPS) is 15.8. The van der Waals surface area contributed by atoms with Gasteiger partial charge in [0.2, 0.25) is 0 Å². The summed E-state index contributed by atoms with van der Waals surface area (Å²) >= 11 is 0. The number of halogens is 2. The maximum absolute atomic E-state index is 12.7. The first kappa shape index (κ1) is 18.6. The lowest BCUT2D eigenvalue weighted by molar-refractivity contribution is -0.0507. The van der Waals surface area contributed by atoms with E-state index in [1.807, 2.05) is 4.90 Å². The van der Waals surface area contributed by atoms with Crippen LogP contribution in [-0.4, -0.2) is 43.6 Å². The van der Waals surface area contributed by atoms with Gasteiger partial charge < -0.3 is 15.0 Å². The molecule has 1 heterocycles. The average Bonchev–Trinajstić information content (AvgIpc) is 2.55. The predicted octanol–water partition coefficient (Wildman–Crippen LogP) is 3.37. The van der Waals surface area contributed by atoms with Crippen LogP contribution in [0.1, 0.15) is 41.3 Å². The number of carbonyl (C=O) groups excluding carboxylic acids is 1. The molecule has 1 saturated heterocycles. The van der Waals surface area contributed by atoms with Gasteiger partial charge in [-0.15, -0.1) is 0 Å². The SMILES string of the molecule is CCNCC1CCN(C(=O)c2cc(C)c(OC(F)F)c(C)c2)CC1. The minimum atomic E-state index is -2.86. The van der Waals surface area contributed by atoms with Crippen LogP contribution in [0.2, 0.25) is 0 Å². The third-order valence-electron chi connectivity index (χ3n) is 4.50. The molecule has 1 aliphatic rings. The molecule has 0 atom stereocenters. The molecule has 0 unspecified atom stereocenters. The van der Waals surface area contributed by atoms with Crippen LogP contribution in [0.3, 0.4) is 0 Å². The minimum Gasteiger partial charge on any atom is -0.434 e. The monoisotopic (exact) mass is 340 g/mol. The standard InChI is InChI=1S/C18H26F2N2O2/c1-4-21-11-14-5-7-22(8-6-14)17(23)15-9-12(2)16(13(3)10-15)24-18(19)20/h9-10,14,18,21H,4-8,11H2,1-3H3. The molecule has 0 bridgehead atoms. The second-order valence-electron chi connectivity index (χ2n) is 6.36. The summed E-state index contributed by atoms with van der Waals surface area (Å²) in [6.07, 6.45) is 1.98. The van der Waals surface area contributed by atoms with Crippen molar-refractivity contribution < 1.29 is 18.3 Å². The maximum atomic E-state index is 12.7. The van der Waals surface area contributed by atoms with Gasteiger partial charge >= 0.3 is 6.61 Å². The molecule has 1 aromatic carbocycles. The summed E-state index contributed by atoms with van der Waals surface area (Å²) < 4.78 is 29.4. The molecule has 1 fully saturated rings. The third-order valence-corrected chi connectivity index (χ3v) is 4.50. The second-order valence-corrected chi connectivity index (χ2v) is 6.36. The molecular formula is C18H26F2N2O2. The highest BCUT2D eigenvalue weighted by Crippen LogP contribution is 2.28. The number of nitrogens with zero attached hydrogens (tertiary/aromatic N) is 1. The van der Waals surface area contributed by atoms with Crippen LogP contribution in [0.15, 0.2) is 12.1 Å². The van der Waals surface area contributed by atoms with Crippen LogP contribution in [0.4, 0.5) is 8.78 Å². The number of rotatable bonds is 6. The second kappa shape index (κ2) is 8.42. The molecule has 0 aliphatic carbocycles. The van der Waals surface area contributed by atoms with E-state index in [1.54, 1.807) is 26.0 Å². The number of nitrogens with one attached hydrogen (secondary N) is 1. The van der Waals surface area contributed by atoms with Gasteiger partial charge in [0, 0.05) is 18.7 Å². The van der Waals surface area contributed by atoms with Gasteiger partial charge in [-0.25, -0.2) is 0 Å². The molecule has 134 valence electrons. The van der Waals surface area contributed by atoms with E-state index in [9.17, 15) is 13.6 Å². The van der Waals surface area contributed by atoms with Crippen molar-refractivity contribution in [2.24, 2.45) is 5.92 Å². The number of likely N-dealkylation sites (tertiary alicyclic amines) is 1. The molecular weight excluding hydrogens is 314 g/mol. The number of alkyl halides is 2. The van der Waals surface area contributed by atoms with E-state index in [-0.39, 0.29) is 11.7 Å². The van der Waals surface area contributed by atoms with Gasteiger partial charge in [-0.1, -0.05) is 6.92 Å². The first-order chi connectivity index (χ1) is 11.4. The van der Waals surface area contributed by atoms with Crippen molar-refractivity contribution >= 4 is 5.91 Å². The summed E-state index contributed by atoms with van der Waals surface area (Å²) in [6, 6.07) is 3.27. The van der Waals surface area contributed by atoms with Crippen LogP contribution in [0.25, 0.3) is 0 Å². The molecule has 24 heavy (non-hydrogen) atoms. The lowest BCUT2D eigenvalue weighted by Crippen LogP contribution is -2.40. The predicted molar refractivity (Wildman–Crippen MR) is 89.7 cm³/mol. The molecule has 0 radical (unpaired) electrons. The zero-order chi connectivity index (χ0) is 17.7. The lowest BCUT2D eigenvalue weighted by atomic mass is 9.96. The molecule has 2 rings (SSSR count). The van der Waals surface area contributed by atoms with Crippen LogP contribution < -0.4 is 10.1 Å². The lowest BCUT2D eigenvalue weighted by Gasteiger charge is -2.32. The number of amides is 1. The summed E-state index contributed by atoms with van der Waals surface area (Å²) in [6.45, 7) is 6.03. The minimum absolute atomic E-state index is 0.0355. The molecule has 1 aromatic rings. The van der Waals surface area contributed by atoms with Crippen LogP contribution in [0, 0.1) is 19.8 Å². The number of hydrogen-bond acceptors (Lipinski definition) is 3. The van der Waals surface area contributed by atoms with Gasteiger partial charge in [0.05, 0.1) is 0 Å². The van der Waals surface area contributed by atoms with Gasteiger partial charge in [0.15, 0.2) is 0 Å². The summed E-state index contributed by atoms with van der Waals surface area (Å²) in [5.74, 6) is 0.733. The summed E-state index contributed by atoms with van der Waals surface area (Å²) in [7, 11) is 0. The Kier molecular flexibility index (Phi) is 6.54. The van der Waals surface area contributed by atoms with E-state index < -0.39 is 6.61 Å². The van der Waals surface area contributed by atoms with Gasteiger partial charge in [-0.05, 0) is 69.0 Å². The molecule has 6 heteroatoms. The Morgan fingerprint density at radius 2 is 1.88 bits per heavy atom. The van der Waals surface area contributed by atoms with Crippen molar-refractivity contribution in [1.82, 2.24) is 10.2 Å². The molecule has 4 nitrogen and oxygen atoms in total. The van der Waals surface area contributed by atoms with Crippen molar-refractivity contribution in [2.45, 2.75) is 40.2 Å². The Balaban J connectivity index is 2.03. The van der Waals surface area contributed by atoms with Crippen LogP contribution >= 0.6 is 0 Å². The first-order valence-electron chi connectivity index (χ1n) is 8.48. The highest BCUT2D eigenvalue weighted by atomic mass is 19.3. The number of carbonyl (C=O) groups is 1. The third kappa shape index (κ3) is 4.66. The van der Waals surface area contributed by atoms with E-state index in [4.69, 9.17) is 0 Å². The topological polar surface area (TPSA) is 41.6 Å². The number of aryl methyl sites for hydroxylation is 2. The zero-order valence-corrected chi connectivity index (χ0v) is 14.6. The molecule has 1 N–H and O–H groups in total. The first-order valence-corrected chi connectivity index (χ1v) is 8.48. The summed E-state index contributed by atoms with van der Waals surface area (Å²) in [4.78, 5) is 14.5. The number of hydrogen-bond donors (Lipinski definition) is 1. The molecule has 0 aromatic heterocycles. The Bertz CT molecular complexity index is 547. The Morgan fingerprint density at radius 1 is 1.29 bits per heavy atom. The van der Waals surface area contributed by atoms with Gasteiger partial charge in [-0.2, -0.15) is 8.78 Å². The average molecular weight is 340 g/mol. The Morgan fingerprint density at radius 3 is 2.38 bits per heavy atom. The smallest absolute Gasteiger partial charge is 0.387 e. The van der Waals surface area contributed by atoms with Crippen molar-refractivity contribution in [3.8, 4) is 5.75 Å². The van der Waals surface area contributed by atoms with Gasteiger partial charge in [-0.3, -0.25) is 4.79 Å². The van der Waals surface area contributed by atoms with Gasteiger partial charge in [0.25, 0.3) is 5.91 Å². The molecule has 1 aliphatic heterocycles. The summed E-state index contributed by atoms with van der Waals surface area (Å²) in [5, 5.41) is 3.35. The quantitative estimate of drug-likeness (QED) is 0.863. The Labute approximate surface area is 142 Å². The number of piperidine rings is 1. The Hall–Kier alpha value is -1.69. The van der Waals surface area contributed by atoms with Crippen molar-refractivity contribution in [3.63, 3.8) is 0 Å². The van der Waals surface area contributed by atoms with E-state index in [0.29, 0.717) is 22.6 Å². The van der Waals surface area contributed by atoms with E-state index in [0.717, 1.165) is 39.0 Å². The summed E-state index contributed by atoms with van der Waals surface area (Å²) in [5.41, 5.74) is 1.65. The van der Waals surface area contributed by atoms with E-state index >= 15 is 0 Å². The van der Waals surface area contributed by atoms with E-state index in [2.05, 4.69) is 17.0 Å². The zero-order valence-electron chi connectivity index (χ0n) is 14.6. The van der Waals surface area contributed by atoms with Crippen molar-refractivity contribution in [2.75, 3.05) is 26.2 Å². The number of benzene rings is 1. The van der Waals surface area contributed by atoms with Crippen molar-refractivity contribution in [3.05, 3.63) is 28.8 Å². The van der Waals surface area contributed by atoms with Crippen molar-refractivity contribution in [1.29, 1.82) is 0 Å². The maximum Gasteiger partial charge on any atom is 0.387 e. The largest absolute Gasteiger partial charge is 0.434 e. The van der Waals surface area contributed by atoms with Crippen LogP contribution in [-0.2, 0) is 0 Å². The van der Waals surface area contributed by atoms with Gasteiger partial charge in [0.1, 0.15) is 5.75 Å². The highest BCUT2D eigenvalue weighted by Gasteiger charge is 2.24. The molecule has 1 amide bonds. The fraction of sp³-hybridized carbons (Fsp3) is 0.611. The molecule has 0 spiro atoms. The fourth-order valence-corrected chi connectivity index (χ4v) is 3.22. The van der Waals surface area contributed by atoms with E-state index in [1.165, 1.54) is 0 Å². The highest BCUT2D eigenvalue weighted by molar-refractivity contribution is 5.95. The fourth-order valence-electron chi connectivity index (χ4n) is 3.22. The molecule has 0 saturated carbocycles. The van der Waals surface area contributed by atoms with Crippen LogP contribution in [0.5, 0.6) is 5.75 Å².